The van der Waals surface area contributed by atoms with Crippen molar-refractivity contribution in [3.8, 4) is 21.9 Å². The molecule has 0 unspecified atom stereocenters. The molecule has 5 rings (SSSR count). The van der Waals surface area contributed by atoms with Crippen LogP contribution in [0.25, 0.3) is 32.1 Å². The summed E-state index contributed by atoms with van der Waals surface area (Å²) in [5.74, 6) is 1.73. The van der Waals surface area contributed by atoms with Gasteiger partial charge in [-0.1, -0.05) is 22.0 Å². The molecule has 0 radical (unpaired) electrons. The molecule has 0 amide bonds. The highest BCUT2D eigenvalue weighted by molar-refractivity contribution is 9.11. The first-order chi connectivity index (χ1) is 15.0. The van der Waals surface area contributed by atoms with E-state index in [4.69, 9.17) is 9.40 Å². The Morgan fingerprint density at radius 2 is 1.77 bits per heavy atom. The van der Waals surface area contributed by atoms with E-state index in [9.17, 15) is 0 Å². The molecular weight excluding hydrogens is 536 g/mol. The first kappa shape index (κ1) is 20.5. The number of aromatic nitrogens is 1. The number of nitrogens with one attached hydrogen (secondary N) is 1. The van der Waals surface area contributed by atoms with Gasteiger partial charge in [0.1, 0.15) is 16.5 Å². The minimum Gasteiger partial charge on any atom is -0.459 e. The Balaban J connectivity index is 1.27. The van der Waals surface area contributed by atoms with E-state index in [1.807, 2.05) is 30.3 Å². The highest BCUT2D eigenvalue weighted by Gasteiger charge is 2.10. The van der Waals surface area contributed by atoms with Crippen molar-refractivity contribution >= 4 is 59.1 Å². The lowest BCUT2D eigenvalue weighted by atomic mass is 10.2. The van der Waals surface area contributed by atoms with Crippen LogP contribution in [0.4, 0.5) is 5.69 Å². The normalized spacial score (nSPS) is 11.2. The zero-order valence-corrected chi connectivity index (χ0v) is 20.6. The van der Waals surface area contributed by atoms with Crippen molar-refractivity contribution in [1.29, 1.82) is 0 Å². The summed E-state index contributed by atoms with van der Waals surface area (Å²) in [4.78, 5) is 4.77. The molecule has 0 saturated carbocycles. The quantitative estimate of drug-likeness (QED) is 0.236. The van der Waals surface area contributed by atoms with Crippen LogP contribution < -0.4 is 5.32 Å². The molecule has 154 valence electrons. The van der Waals surface area contributed by atoms with Gasteiger partial charge in [-0.25, -0.2) is 4.98 Å². The molecule has 0 aliphatic carbocycles. The molecule has 0 fully saturated rings. The SMILES string of the molecule is Cc1ccc2nc(-c3ccc(NCc4ccc(-c5ccc(Br)cc5Br)o4)cc3)sc2c1. The van der Waals surface area contributed by atoms with E-state index in [1.165, 1.54) is 10.3 Å². The standard InChI is InChI=1S/C25H18Br2N2OS/c1-15-2-10-22-24(12-15)31-25(29-22)16-3-6-18(7-4-16)28-14-19-8-11-23(30-19)20-9-5-17(26)13-21(20)27/h2-13,28H,14H2,1H3. The zero-order valence-electron chi connectivity index (χ0n) is 16.7. The first-order valence-electron chi connectivity index (χ1n) is 9.81. The largest absolute Gasteiger partial charge is 0.459 e. The average Bonchev–Trinajstić information content (AvgIpc) is 3.39. The van der Waals surface area contributed by atoms with Crippen molar-refractivity contribution < 1.29 is 4.42 Å². The molecule has 2 heterocycles. The van der Waals surface area contributed by atoms with Crippen LogP contribution in [0.3, 0.4) is 0 Å². The van der Waals surface area contributed by atoms with Crippen molar-refractivity contribution in [1.82, 2.24) is 4.98 Å². The Morgan fingerprint density at radius 1 is 0.935 bits per heavy atom. The summed E-state index contributed by atoms with van der Waals surface area (Å²) in [6, 6.07) is 24.8. The lowest BCUT2D eigenvalue weighted by Crippen LogP contribution is -1.97. The van der Waals surface area contributed by atoms with Gasteiger partial charge in [0.25, 0.3) is 0 Å². The Morgan fingerprint density at radius 3 is 2.58 bits per heavy atom. The fourth-order valence-corrected chi connectivity index (χ4v) is 5.69. The van der Waals surface area contributed by atoms with Crippen LogP contribution in [0.5, 0.6) is 0 Å². The molecule has 0 atom stereocenters. The minimum absolute atomic E-state index is 0.619. The van der Waals surface area contributed by atoms with Gasteiger partial charge in [0.2, 0.25) is 0 Å². The molecular formula is C25H18Br2N2OS. The lowest BCUT2D eigenvalue weighted by Gasteiger charge is -2.06. The molecule has 2 aromatic heterocycles. The third-order valence-corrected chi connectivity index (χ3v) is 7.22. The Bertz CT molecular complexity index is 1370. The predicted octanol–water partition coefficient (Wildman–Crippen LogP) is 8.67. The van der Waals surface area contributed by atoms with Gasteiger partial charge in [-0.3, -0.25) is 0 Å². The van der Waals surface area contributed by atoms with E-state index in [-0.39, 0.29) is 0 Å². The fraction of sp³-hybridized carbons (Fsp3) is 0.0800. The van der Waals surface area contributed by atoms with Crippen LogP contribution in [-0.4, -0.2) is 4.98 Å². The predicted molar refractivity (Wildman–Crippen MR) is 137 cm³/mol. The number of nitrogens with zero attached hydrogens (tertiary/aromatic N) is 1. The van der Waals surface area contributed by atoms with Crippen molar-refractivity contribution in [3.63, 3.8) is 0 Å². The first-order valence-corrected chi connectivity index (χ1v) is 12.2. The van der Waals surface area contributed by atoms with E-state index in [2.05, 4.69) is 86.6 Å². The molecule has 1 N–H and O–H groups in total. The highest BCUT2D eigenvalue weighted by atomic mass is 79.9. The summed E-state index contributed by atoms with van der Waals surface area (Å²) < 4.78 is 9.28. The lowest BCUT2D eigenvalue weighted by molar-refractivity contribution is 0.531. The number of aryl methyl sites for hydroxylation is 1. The topological polar surface area (TPSA) is 38.1 Å². The highest BCUT2D eigenvalue weighted by Crippen LogP contribution is 2.33. The second-order valence-electron chi connectivity index (χ2n) is 7.31. The number of rotatable bonds is 5. The molecule has 0 aliphatic rings. The van der Waals surface area contributed by atoms with Crippen LogP contribution in [0.2, 0.25) is 0 Å². The van der Waals surface area contributed by atoms with Gasteiger partial charge < -0.3 is 9.73 Å². The summed E-state index contributed by atoms with van der Waals surface area (Å²) in [5, 5.41) is 4.48. The van der Waals surface area contributed by atoms with Crippen LogP contribution in [0.15, 0.2) is 86.2 Å². The fourth-order valence-electron chi connectivity index (χ4n) is 3.38. The van der Waals surface area contributed by atoms with Crippen molar-refractivity contribution in [2.24, 2.45) is 0 Å². The average molecular weight is 554 g/mol. The summed E-state index contributed by atoms with van der Waals surface area (Å²) in [5.41, 5.74) is 5.52. The Labute approximate surface area is 201 Å². The molecule has 0 spiro atoms. The maximum Gasteiger partial charge on any atom is 0.135 e. The summed E-state index contributed by atoms with van der Waals surface area (Å²) >= 11 is 8.81. The minimum atomic E-state index is 0.619. The van der Waals surface area contributed by atoms with Gasteiger partial charge >= 0.3 is 0 Å². The molecule has 6 heteroatoms. The molecule has 31 heavy (non-hydrogen) atoms. The summed E-state index contributed by atoms with van der Waals surface area (Å²) in [6.07, 6.45) is 0. The number of halogens is 2. The van der Waals surface area contributed by atoms with E-state index in [0.29, 0.717) is 6.54 Å². The molecule has 3 nitrogen and oxygen atoms in total. The third-order valence-electron chi connectivity index (χ3n) is 5.00. The number of hydrogen-bond acceptors (Lipinski definition) is 4. The van der Waals surface area contributed by atoms with Crippen LogP contribution in [-0.2, 0) is 6.54 Å². The van der Waals surface area contributed by atoms with Gasteiger partial charge in [-0.15, -0.1) is 11.3 Å². The maximum absolute atomic E-state index is 6.03. The number of fused-ring (bicyclic) bond motifs is 1. The second-order valence-corrected chi connectivity index (χ2v) is 10.1. The Kier molecular flexibility index (Phi) is 5.69. The molecule has 5 aromatic rings. The van der Waals surface area contributed by atoms with Gasteiger partial charge in [0, 0.05) is 25.8 Å². The van der Waals surface area contributed by atoms with Gasteiger partial charge in [0.05, 0.1) is 16.8 Å². The second kappa shape index (κ2) is 8.61. The van der Waals surface area contributed by atoms with Crippen molar-refractivity contribution in [2.45, 2.75) is 13.5 Å². The molecule has 3 aromatic carbocycles. The smallest absolute Gasteiger partial charge is 0.135 e. The Hall–Kier alpha value is -2.41. The van der Waals surface area contributed by atoms with E-state index in [1.54, 1.807) is 11.3 Å². The summed E-state index contributed by atoms with van der Waals surface area (Å²) in [6.45, 7) is 2.73. The van der Waals surface area contributed by atoms with Crippen LogP contribution in [0, 0.1) is 6.92 Å². The third kappa shape index (κ3) is 4.47. The number of furan rings is 1. The van der Waals surface area contributed by atoms with E-state index >= 15 is 0 Å². The number of benzene rings is 3. The number of hydrogen-bond donors (Lipinski definition) is 1. The zero-order chi connectivity index (χ0) is 21.4. The molecule has 0 aliphatic heterocycles. The molecule has 0 bridgehead atoms. The van der Waals surface area contributed by atoms with Gasteiger partial charge in [-0.2, -0.15) is 0 Å². The molecule has 0 saturated heterocycles. The van der Waals surface area contributed by atoms with E-state index < -0.39 is 0 Å². The van der Waals surface area contributed by atoms with Gasteiger partial charge in [0.15, 0.2) is 0 Å². The monoisotopic (exact) mass is 552 g/mol. The van der Waals surface area contributed by atoms with Gasteiger partial charge in [-0.05, 0) is 95.1 Å². The maximum atomic E-state index is 6.03. The van der Waals surface area contributed by atoms with Crippen LogP contribution >= 0.6 is 43.2 Å². The number of anilines is 1. The van der Waals surface area contributed by atoms with Crippen molar-refractivity contribution in [2.75, 3.05) is 5.32 Å². The van der Waals surface area contributed by atoms with Crippen LogP contribution in [0.1, 0.15) is 11.3 Å². The van der Waals surface area contributed by atoms with E-state index in [0.717, 1.165) is 47.8 Å². The van der Waals surface area contributed by atoms with Crippen molar-refractivity contribution in [3.05, 3.63) is 93.1 Å². The number of thiazole rings is 1. The summed E-state index contributed by atoms with van der Waals surface area (Å²) in [7, 11) is 0.